The summed E-state index contributed by atoms with van der Waals surface area (Å²) in [6, 6.07) is 7.44. The van der Waals surface area contributed by atoms with Gasteiger partial charge in [-0.15, -0.1) is 10.2 Å². The van der Waals surface area contributed by atoms with Crippen molar-refractivity contribution < 1.29 is 9.21 Å². The van der Waals surface area contributed by atoms with E-state index in [1.165, 1.54) is 0 Å². The molecule has 23 heavy (non-hydrogen) atoms. The van der Waals surface area contributed by atoms with Crippen LogP contribution in [-0.4, -0.2) is 16.5 Å². The highest BCUT2D eigenvalue weighted by Crippen LogP contribution is 2.41. The molecule has 1 aliphatic rings. The van der Waals surface area contributed by atoms with Crippen molar-refractivity contribution in [1.82, 2.24) is 10.2 Å². The third kappa shape index (κ3) is 2.76. The summed E-state index contributed by atoms with van der Waals surface area (Å²) in [7, 11) is 0. The number of carbonyl (C=O) groups is 1. The number of benzene rings is 1. The average Bonchev–Trinajstić information content (AvgIpc) is 3.24. The van der Waals surface area contributed by atoms with Gasteiger partial charge in [-0.05, 0) is 43.5 Å². The van der Waals surface area contributed by atoms with Crippen LogP contribution in [0.3, 0.4) is 0 Å². The first-order valence-corrected chi connectivity index (χ1v) is 7.69. The van der Waals surface area contributed by atoms with Crippen LogP contribution in [-0.2, 0) is 5.41 Å². The summed E-state index contributed by atoms with van der Waals surface area (Å²) < 4.78 is 5.57. The number of aromatic nitrogens is 2. The van der Waals surface area contributed by atoms with E-state index in [0.717, 1.165) is 37.5 Å². The van der Waals surface area contributed by atoms with Crippen LogP contribution in [0.1, 0.15) is 60.5 Å². The molecule has 0 saturated heterocycles. The van der Waals surface area contributed by atoms with Crippen LogP contribution < -0.4 is 5.73 Å². The maximum absolute atomic E-state index is 11.3. The van der Waals surface area contributed by atoms with Gasteiger partial charge in [-0.3, -0.25) is 4.79 Å². The van der Waals surface area contributed by atoms with Gasteiger partial charge in [0.25, 0.3) is 0 Å². The molecule has 0 amide bonds. The first-order valence-electron chi connectivity index (χ1n) is 7.69. The molecule has 0 spiro atoms. The van der Waals surface area contributed by atoms with Gasteiger partial charge >= 0.3 is 0 Å². The van der Waals surface area contributed by atoms with Gasteiger partial charge in [0.1, 0.15) is 6.29 Å². The fourth-order valence-corrected chi connectivity index (χ4v) is 3.10. The quantitative estimate of drug-likeness (QED) is 0.870. The smallest absolute Gasteiger partial charge is 0.247 e. The molecule has 6 heteroatoms. The van der Waals surface area contributed by atoms with E-state index in [1.807, 2.05) is 6.07 Å². The Kier molecular flexibility index (Phi) is 3.97. The minimum atomic E-state index is -0.530. The van der Waals surface area contributed by atoms with Crippen molar-refractivity contribution in [3.63, 3.8) is 0 Å². The lowest BCUT2D eigenvalue weighted by atomic mass is 9.79. The Bertz CT molecular complexity index is 767. The SMILES string of the molecule is CC(N)c1nnc(-c2cc(C=O)cc(C3(C#N)CCCC3)c2)o1. The fourth-order valence-electron chi connectivity index (χ4n) is 3.10. The van der Waals surface area contributed by atoms with Crippen LogP contribution in [0.15, 0.2) is 22.6 Å². The molecule has 1 aromatic heterocycles. The molecule has 1 aromatic carbocycles. The van der Waals surface area contributed by atoms with Crippen molar-refractivity contribution in [2.45, 2.75) is 44.1 Å². The third-order valence-electron chi connectivity index (χ3n) is 4.39. The third-order valence-corrected chi connectivity index (χ3v) is 4.39. The minimum Gasteiger partial charge on any atom is -0.419 e. The number of rotatable bonds is 4. The van der Waals surface area contributed by atoms with Gasteiger partial charge in [-0.25, -0.2) is 0 Å². The summed E-state index contributed by atoms with van der Waals surface area (Å²) >= 11 is 0. The predicted octanol–water partition coefficient (Wildman–Crippen LogP) is 2.90. The number of aldehydes is 1. The van der Waals surface area contributed by atoms with E-state index in [2.05, 4.69) is 16.3 Å². The molecule has 1 saturated carbocycles. The number of carbonyl (C=O) groups excluding carboxylic acids is 1. The molecule has 2 N–H and O–H groups in total. The summed E-state index contributed by atoms with van der Waals surface area (Å²) in [6.07, 6.45) is 4.42. The topological polar surface area (TPSA) is 106 Å². The van der Waals surface area contributed by atoms with Gasteiger partial charge in [0.2, 0.25) is 11.8 Å². The van der Waals surface area contributed by atoms with Crippen LogP contribution in [0.25, 0.3) is 11.5 Å². The Labute approximate surface area is 134 Å². The fraction of sp³-hybridized carbons (Fsp3) is 0.412. The number of hydrogen-bond donors (Lipinski definition) is 1. The van der Waals surface area contributed by atoms with E-state index in [0.29, 0.717) is 22.9 Å². The summed E-state index contributed by atoms with van der Waals surface area (Å²) in [4.78, 5) is 11.3. The summed E-state index contributed by atoms with van der Waals surface area (Å²) in [6.45, 7) is 1.76. The molecule has 0 bridgehead atoms. The summed E-state index contributed by atoms with van der Waals surface area (Å²) in [5.74, 6) is 0.655. The Morgan fingerprint density at radius 1 is 1.35 bits per heavy atom. The normalized spacial score (nSPS) is 17.6. The van der Waals surface area contributed by atoms with E-state index < -0.39 is 5.41 Å². The molecular weight excluding hydrogens is 292 g/mol. The summed E-state index contributed by atoms with van der Waals surface area (Å²) in [5.41, 5.74) is 7.20. The van der Waals surface area contributed by atoms with E-state index in [1.54, 1.807) is 19.1 Å². The van der Waals surface area contributed by atoms with Crippen LogP contribution in [0.2, 0.25) is 0 Å². The Morgan fingerprint density at radius 3 is 2.65 bits per heavy atom. The first-order chi connectivity index (χ1) is 11.1. The van der Waals surface area contributed by atoms with Gasteiger partial charge in [0.05, 0.1) is 17.5 Å². The van der Waals surface area contributed by atoms with Crippen LogP contribution in [0, 0.1) is 11.3 Å². The van der Waals surface area contributed by atoms with Crippen molar-refractivity contribution in [2.24, 2.45) is 5.73 Å². The van der Waals surface area contributed by atoms with Crippen molar-refractivity contribution in [1.29, 1.82) is 5.26 Å². The largest absolute Gasteiger partial charge is 0.419 e. The highest BCUT2D eigenvalue weighted by molar-refractivity contribution is 5.78. The summed E-state index contributed by atoms with van der Waals surface area (Å²) in [5, 5.41) is 17.6. The van der Waals surface area contributed by atoms with Crippen molar-refractivity contribution in [3.8, 4) is 17.5 Å². The maximum Gasteiger partial charge on any atom is 0.247 e. The van der Waals surface area contributed by atoms with E-state index in [-0.39, 0.29) is 6.04 Å². The lowest BCUT2D eigenvalue weighted by Crippen LogP contribution is -2.19. The Hall–Kier alpha value is -2.52. The van der Waals surface area contributed by atoms with Gasteiger partial charge in [0, 0.05) is 11.1 Å². The molecule has 2 aromatic rings. The molecule has 1 atom stereocenters. The molecule has 1 heterocycles. The van der Waals surface area contributed by atoms with E-state index in [9.17, 15) is 10.1 Å². The maximum atomic E-state index is 11.3. The first kappa shape index (κ1) is 15.4. The van der Waals surface area contributed by atoms with Gasteiger partial charge in [-0.1, -0.05) is 12.8 Å². The number of nitrogens with two attached hydrogens (primary N) is 1. The van der Waals surface area contributed by atoms with E-state index in [4.69, 9.17) is 10.2 Å². The highest BCUT2D eigenvalue weighted by Gasteiger charge is 2.36. The molecule has 0 radical (unpaired) electrons. The lowest BCUT2D eigenvalue weighted by Gasteiger charge is -2.21. The minimum absolute atomic E-state index is 0.313. The van der Waals surface area contributed by atoms with Crippen LogP contribution in [0.4, 0.5) is 0 Å². The van der Waals surface area contributed by atoms with Gasteiger partial charge in [0.15, 0.2) is 0 Å². The van der Waals surface area contributed by atoms with Crippen molar-refractivity contribution in [2.75, 3.05) is 0 Å². The predicted molar refractivity (Wildman–Crippen MR) is 83.5 cm³/mol. The zero-order valence-electron chi connectivity index (χ0n) is 13.0. The molecule has 3 rings (SSSR count). The van der Waals surface area contributed by atoms with Crippen molar-refractivity contribution in [3.05, 3.63) is 35.2 Å². The second kappa shape index (κ2) is 5.94. The van der Waals surface area contributed by atoms with Gasteiger partial charge in [-0.2, -0.15) is 5.26 Å². The average molecular weight is 310 g/mol. The lowest BCUT2D eigenvalue weighted by molar-refractivity contribution is 0.112. The second-order valence-corrected chi connectivity index (χ2v) is 6.10. The Morgan fingerprint density at radius 2 is 2.09 bits per heavy atom. The highest BCUT2D eigenvalue weighted by atomic mass is 16.4. The van der Waals surface area contributed by atoms with Crippen LogP contribution in [0.5, 0.6) is 0 Å². The number of nitriles is 1. The van der Waals surface area contributed by atoms with E-state index >= 15 is 0 Å². The monoisotopic (exact) mass is 310 g/mol. The zero-order chi connectivity index (χ0) is 16.4. The molecule has 118 valence electrons. The van der Waals surface area contributed by atoms with Crippen molar-refractivity contribution >= 4 is 6.29 Å². The standard InChI is InChI=1S/C17H18N4O2/c1-11(19)15-20-21-16(23-15)13-6-12(9-22)7-14(8-13)17(10-18)4-2-3-5-17/h6-9,11H,2-5,19H2,1H3. The molecule has 1 fully saturated rings. The molecule has 0 aliphatic heterocycles. The molecule has 1 unspecified atom stereocenters. The number of nitrogens with zero attached hydrogens (tertiary/aromatic N) is 3. The zero-order valence-corrected chi connectivity index (χ0v) is 13.0. The molecule has 6 nitrogen and oxygen atoms in total. The van der Waals surface area contributed by atoms with Crippen LogP contribution >= 0.6 is 0 Å². The second-order valence-electron chi connectivity index (χ2n) is 6.10. The Balaban J connectivity index is 2.09. The van der Waals surface area contributed by atoms with Gasteiger partial charge < -0.3 is 10.2 Å². The number of hydrogen-bond acceptors (Lipinski definition) is 6. The molecule has 1 aliphatic carbocycles. The molecular formula is C17H18N4O2.